The van der Waals surface area contributed by atoms with E-state index in [0.29, 0.717) is 18.7 Å². The molecule has 0 bridgehead atoms. The summed E-state index contributed by atoms with van der Waals surface area (Å²) in [6.07, 6.45) is 0. The Bertz CT molecular complexity index is 268. The first-order chi connectivity index (χ1) is 5.66. The van der Waals surface area contributed by atoms with Crippen molar-refractivity contribution in [2.24, 2.45) is 0 Å². The summed E-state index contributed by atoms with van der Waals surface area (Å²) in [5.41, 5.74) is 0.670. The van der Waals surface area contributed by atoms with Crippen molar-refractivity contribution in [2.45, 2.75) is 13.5 Å². The van der Waals surface area contributed by atoms with Crippen molar-refractivity contribution in [1.82, 2.24) is 4.57 Å². The normalized spacial score (nSPS) is 10.5. The molecule has 12 heavy (non-hydrogen) atoms. The highest BCUT2D eigenvalue weighted by Crippen LogP contribution is 2.25. The number of nitrogens with zero attached hydrogens (tertiary/aromatic N) is 1. The standard InChI is InChI=1S/C8H13NO3/c1-6-5-7(10)9(8(6)11)3-4-12-2/h5,10-11H,3-4H2,1-2H3. The van der Waals surface area contributed by atoms with E-state index in [1.165, 1.54) is 10.6 Å². The molecule has 0 amide bonds. The Kier molecular flexibility index (Phi) is 2.60. The lowest BCUT2D eigenvalue weighted by molar-refractivity contribution is 0.180. The Morgan fingerprint density at radius 1 is 1.50 bits per heavy atom. The summed E-state index contributed by atoms with van der Waals surface area (Å²) < 4.78 is 6.22. The molecule has 0 spiro atoms. The zero-order chi connectivity index (χ0) is 9.14. The number of aryl methyl sites for hydroxylation is 1. The van der Waals surface area contributed by atoms with Crippen molar-refractivity contribution >= 4 is 0 Å². The van der Waals surface area contributed by atoms with E-state index in [9.17, 15) is 10.2 Å². The van der Waals surface area contributed by atoms with E-state index >= 15 is 0 Å². The number of hydrogen-bond donors (Lipinski definition) is 2. The van der Waals surface area contributed by atoms with Crippen LogP contribution in [0.3, 0.4) is 0 Å². The van der Waals surface area contributed by atoms with E-state index in [-0.39, 0.29) is 11.8 Å². The minimum Gasteiger partial charge on any atom is -0.494 e. The van der Waals surface area contributed by atoms with Crippen molar-refractivity contribution in [1.29, 1.82) is 0 Å². The van der Waals surface area contributed by atoms with Gasteiger partial charge in [-0.1, -0.05) is 0 Å². The van der Waals surface area contributed by atoms with Crippen molar-refractivity contribution in [3.05, 3.63) is 11.6 Å². The predicted octanol–water partition coefficient (Wildman–Crippen LogP) is 0.854. The third-order valence-electron chi connectivity index (χ3n) is 1.75. The maximum atomic E-state index is 9.39. The molecule has 4 nitrogen and oxygen atoms in total. The average Bonchev–Trinajstić information content (AvgIpc) is 2.25. The first kappa shape index (κ1) is 8.93. The van der Waals surface area contributed by atoms with Crippen LogP contribution in [0.1, 0.15) is 5.56 Å². The van der Waals surface area contributed by atoms with E-state index in [1.54, 1.807) is 14.0 Å². The van der Waals surface area contributed by atoms with Gasteiger partial charge in [-0.3, -0.25) is 4.57 Å². The second kappa shape index (κ2) is 3.49. The molecule has 0 saturated carbocycles. The van der Waals surface area contributed by atoms with Crippen molar-refractivity contribution in [3.8, 4) is 11.8 Å². The molecule has 4 heteroatoms. The van der Waals surface area contributed by atoms with Crippen LogP contribution < -0.4 is 0 Å². The van der Waals surface area contributed by atoms with Gasteiger partial charge in [-0.05, 0) is 6.92 Å². The molecule has 1 rings (SSSR count). The number of ether oxygens (including phenoxy) is 1. The van der Waals surface area contributed by atoms with Crippen LogP contribution in [-0.4, -0.2) is 28.5 Å². The maximum absolute atomic E-state index is 9.39. The predicted molar refractivity (Wildman–Crippen MR) is 44.4 cm³/mol. The molecule has 0 saturated heterocycles. The van der Waals surface area contributed by atoms with Crippen LogP contribution in [0.4, 0.5) is 0 Å². The van der Waals surface area contributed by atoms with Crippen molar-refractivity contribution < 1.29 is 14.9 Å². The van der Waals surface area contributed by atoms with Crippen molar-refractivity contribution in [2.75, 3.05) is 13.7 Å². The zero-order valence-electron chi connectivity index (χ0n) is 7.24. The summed E-state index contributed by atoms with van der Waals surface area (Å²) in [5, 5.41) is 18.7. The third-order valence-corrected chi connectivity index (χ3v) is 1.75. The van der Waals surface area contributed by atoms with E-state index in [0.717, 1.165) is 0 Å². The molecule has 0 atom stereocenters. The summed E-state index contributed by atoms with van der Waals surface area (Å²) in [4.78, 5) is 0. The van der Waals surface area contributed by atoms with Crippen LogP contribution in [0.15, 0.2) is 6.07 Å². The van der Waals surface area contributed by atoms with Crippen LogP contribution in [0.2, 0.25) is 0 Å². The fourth-order valence-corrected chi connectivity index (χ4v) is 1.06. The first-order valence-electron chi connectivity index (χ1n) is 3.73. The number of rotatable bonds is 3. The van der Waals surface area contributed by atoms with E-state index in [4.69, 9.17) is 4.74 Å². The highest BCUT2D eigenvalue weighted by Gasteiger charge is 2.08. The number of hydrogen-bond acceptors (Lipinski definition) is 3. The monoisotopic (exact) mass is 171 g/mol. The van der Waals surface area contributed by atoms with Gasteiger partial charge in [0.2, 0.25) is 0 Å². The number of aromatic nitrogens is 1. The van der Waals surface area contributed by atoms with E-state index in [1.807, 2.05) is 0 Å². The molecule has 0 unspecified atom stereocenters. The van der Waals surface area contributed by atoms with Crippen LogP contribution in [0.5, 0.6) is 11.8 Å². The SMILES string of the molecule is COCCn1c(O)cc(C)c1O. The van der Waals surface area contributed by atoms with Gasteiger partial charge in [0.05, 0.1) is 13.2 Å². The quantitative estimate of drug-likeness (QED) is 0.709. The summed E-state index contributed by atoms with van der Waals surface area (Å²) in [6, 6.07) is 1.52. The Hall–Kier alpha value is -1.16. The highest BCUT2D eigenvalue weighted by atomic mass is 16.5. The van der Waals surface area contributed by atoms with E-state index < -0.39 is 0 Å². The van der Waals surface area contributed by atoms with Crippen LogP contribution in [-0.2, 0) is 11.3 Å². The van der Waals surface area contributed by atoms with Gasteiger partial charge >= 0.3 is 0 Å². The summed E-state index contributed by atoms with van der Waals surface area (Å²) in [5.74, 6) is 0.173. The molecular formula is C8H13NO3. The molecule has 1 heterocycles. The maximum Gasteiger partial charge on any atom is 0.196 e. The molecule has 0 aromatic carbocycles. The van der Waals surface area contributed by atoms with Gasteiger partial charge in [0.1, 0.15) is 0 Å². The molecule has 0 radical (unpaired) electrons. The van der Waals surface area contributed by atoms with Gasteiger partial charge in [0, 0.05) is 18.7 Å². The number of methoxy groups -OCH3 is 1. The molecule has 1 aromatic heterocycles. The Balaban J connectivity index is 2.82. The molecule has 68 valence electrons. The Morgan fingerprint density at radius 3 is 2.58 bits per heavy atom. The lowest BCUT2D eigenvalue weighted by Crippen LogP contribution is -2.02. The molecule has 2 N–H and O–H groups in total. The highest BCUT2D eigenvalue weighted by molar-refractivity contribution is 5.33. The van der Waals surface area contributed by atoms with Gasteiger partial charge in [-0.2, -0.15) is 0 Å². The van der Waals surface area contributed by atoms with Gasteiger partial charge in [0.15, 0.2) is 11.8 Å². The van der Waals surface area contributed by atoms with Gasteiger partial charge in [0.25, 0.3) is 0 Å². The first-order valence-corrected chi connectivity index (χ1v) is 3.73. The zero-order valence-corrected chi connectivity index (χ0v) is 7.24. The third kappa shape index (κ3) is 1.53. The lowest BCUT2D eigenvalue weighted by atomic mass is 10.4. The summed E-state index contributed by atoms with van der Waals surface area (Å²) in [7, 11) is 1.57. The second-order valence-corrected chi connectivity index (χ2v) is 2.65. The van der Waals surface area contributed by atoms with Gasteiger partial charge in [-0.15, -0.1) is 0 Å². The summed E-state index contributed by atoms with van der Waals surface area (Å²) in [6.45, 7) is 2.66. The number of aromatic hydroxyl groups is 2. The molecule has 1 aromatic rings. The van der Waals surface area contributed by atoms with Crippen LogP contribution in [0, 0.1) is 6.92 Å². The minimum absolute atomic E-state index is 0.0713. The molecule has 0 aliphatic rings. The Labute approximate surface area is 71.0 Å². The van der Waals surface area contributed by atoms with Crippen LogP contribution in [0.25, 0.3) is 0 Å². The van der Waals surface area contributed by atoms with Crippen LogP contribution >= 0.6 is 0 Å². The fraction of sp³-hybridized carbons (Fsp3) is 0.500. The molecule has 0 aliphatic carbocycles. The molecular weight excluding hydrogens is 158 g/mol. The van der Waals surface area contributed by atoms with Gasteiger partial charge in [-0.25, -0.2) is 0 Å². The minimum atomic E-state index is 0.0713. The average molecular weight is 171 g/mol. The van der Waals surface area contributed by atoms with Crippen molar-refractivity contribution in [3.63, 3.8) is 0 Å². The smallest absolute Gasteiger partial charge is 0.196 e. The molecule has 0 aliphatic heterocycles. The summed E-state index contributed by atoms with van der Waals surface area (Å²) >= 11 is 0. The van der Waals surface area contributed by atoms with Gasteiger partial charge < -0.3 is 14.9 Å². The molecule has 0 fully saturated rings. The topological polar surface area (TPSA) is 54.6 Å². The fourth-order valence-electron chi connectivity index (χ4n) is 1.06. The second-order valence-electron chi connectivity index (χ2n) is 2.65. The Morgan fingerprint density at radius 2 is 2.17 bits per heavy atom. The van der Waals surface area contributed by atoms with E-state index in [2.05, 4.69) is 0 Å². The largest absolute Gasteiger partial charge is 0.494 e. The lowest BCUT2D eigenvalue weighted by Gasteiger charge is -2.05.